The van der Waals surface area contributed by atoms with Crippen molar-refractivity contribution >= 4 is 28.4 Å². The summed E-state index contributed by atoms with van der Waals surface area (Å²) in [6, 6.07) is 20.1. The highest BCUT2D eigenvalue weighted by molar-refractivity contribution is 5.93. The lowest BCUT2D eigenvalue weighted by Gasteiger charge is -2.11. The lowest BCUT2D eigenvalue weighted by Crippen LogP contribution is -2.01. The van der Waals surface area contributed by atoms with Crippen molar-refractivity contribution in [2.45, 2.75) is 0 Å². The minimum Gasteiger partial charge on any atom is -0.478 e. The van der Waals surface area contributed by atoms with E-state index in [9.17, 15) is 9.18 Å². The number of nitrogens with one attached hydrogen (secondary N) is 1. The van der Waals surface area contributed by atoms with Gasteiger partial charge in [0.1, 0.15) is 11.6 Å². The van der Waals surface area contributed by atoms with Gasteiger partial charge in [0, 0.05) is 11.1 Å². The van der Waals surface area contributed by atoms with Crippen LogP contribution in [0.15, 0.2) is 72.8 Å². The van der Waals surface area contributed by atoms with Crippen molar-refractivity contribution in [1.82, 2.24) is 9.97 Å². The first-order chi connectivity index (χ1) is 13.1. The minimum absolute atomic E-state index is 0.195. The van der Waals surface area contributed by atoms with Crippen LogP contribution in [0.4, 0.5) is 15.9 Å². The van der Waals surface area contributed by atoms with Crippen LogP contribution >= 0.6 is 0 Å². The molecule has 0 bridgehead atoms. The van der Waals surface area contributed by atoms with E-state index in [2.05, 4.69) is 15.3 Å². The second-order valence-corrected chi connectivity index (χ2v) is 5.90. The number of anilines is 2. The number of hydrogen-bond acceptors (Lipinski definition) is 4. The van der Waals surface area contributed by atoms with Crippen LogP contribution in [0.1, 0.15) is 10.4 Å². The van der Waals surface area contributed by atoms with Crippen molar-refractivity contribution in [1.29, 1.82) is 0 Å². The topological polar surface area (TPSA) is 75.1 Å². The molecule has 1 aromatic heterocycles. The second-order valence-electron chi connectivity index (χ2n) is 5.90. The minimum atomic E-state index is -0.990. The van der Waals surface area contributed by atoms with E-state index in [1.165, 1.54) is 18.2 Å². The first-order valence-corrected chi connectivity index (χ1v) is 8.24. The van der Waals surface area contributed by atoms with Crippen molar-refractivity contribution in [3.05, 3.63) is 84.2 Å². The predicted octanol–water partition coefficient (Wildman–Crippen LogP) is 4.88. The van der Waals surface area contributed by atoms with E-state index in [1.807, 2.05) is 24.3 Å². The highest BCUT2D eigenvalue weighted by Crippen LogP contribution is 2.28. The summed E-state index contributed by atoms with van der Waals surface area (Å²) in [6.45, 7) is 0. The van der Waals surface area contributed by atoms with E-state index >= 15 is 0 Å². The van der Waals surface area contributed by atoms with Gasteiger partial charge < -0.3 is 10.4 Å². The zero-order valence-electron chi connectivity index (χ0n) is 14.1. The third-order valence-electron chi connectivity index (χ3n) is 4.11. The first kappa shape index (κ1) is 16.7. The smallest absolute Gasteiger partial charge is 0.335 e. The van der Waals surface area contributed by atoms with Crippen LogP contribution in [0.5, 0.6) is 0 Å². The Hall–Kier alpha value is -3.80. The quantitative estimate of drug-likeness (QED) is 0.543. The van der Waals surface area contributed by atoms with Crippen molar-refractivity contribution in [2.24, 2.45) is 0 Å². The summed E-state index contributed by atoms with van der Waals surface area (Å²) in [5, 5.41) is 13.0. The number of halogens is 1. The van der Waals surface area contributed by atoms with Gasteiger partial charge in [-0.05, 0) is 48.5 Å². The van der Waals surface area contributed by atoms with E-state index in [4.69, 9.17) is 5.11 Å². The number of rotatable bonds is 4. The molecule has 2 N–H and O–H groups in total. The average Bonchev–Trinajstić information content (AvgIpc) is 2.68. The Kier molecular flexibility index (Phi) is 4.22. The maximum atomic E-state index is 14.2. The summed E-state index contributed by atoms with van der Waals surface area (Å²) in [6.07, 6.45) is 0. The Morgan fingerprint density at radius 1 is 0.889 bits per heavy atom. The number of carboxylic acids is 1. The lowest BCUT2D eigenvalue weighted by atomic mass is 10.1. The fraction of sp³-hybridized carbons (Fsp3) is 0. The average molecular weight is 359 g/mol. The van der Waals surface area contributed by atoms with Crippen LogP contribution in [0, 0.1) is 5.82 Å². The van der Waals surface area contributed by atoms with Gasteiger partial charge in [-0.15, -0.1) is 0 Å². The SMILES string of the molecule is O=C(O)c1ccc(Nc2nc(-c3ccccc3F)nc3ccccc23)cc1. The van der Waals surface area contributed by atoms with Gasteiger partial charge in [0.2, 0.25) is 0 Å². The number of nitrogens with zero attached hydrogens (tertiary/aromatic N) is 2. The Morgan fingerprint density at radius 3 is 2.33 bits per heavy atom. The van der Waals surface area contributed by atoms with Gasteiger partial charge in [0.25, 0.3) is 0 Å². The number of aromatic nitrogens is 2. The molecule has 5 nitrogen and oxygen atoms in total. The summed E-state index contributed by atoms with van der Waals surface area (Å²) in [7, 11) is 0. The highest BCUT2D eigenvalue weighted by atomic mass is 19.1. The maximum Gasteiger partial charge on any atom is 0.335 e. The van der Waals surface area contributed by atoms with Gasteiger partial charge in [0.05, 0.1) is 16.6 Å². The van der Waals surface area contributed by atoms with Gasteiger partial charge in [0.15, 0.2) is 5.82 Å². The molecule has 1 heterocycles. The molecule has 0 fully saturated rings. The fourth-order valence-electron chi connectivity index (χ4n) is 2.77. The van der Waals surface area contributed by atoms with E-state index < -0.39 is 11.8 Å². The zero-order valence-corrected chi connectivity index (χ0v) is 14.1. The molecule has 0 radical (unpaired) electrons. The number of benzene rings is 3. The second kappa shape index (κ2) is 6.84. The largest absolute Gasteiger partial charge is 0.478 e. The van der Waals surface area contributed by atoms with E-state index in [0.29, 0.717) is 22.6 Å². The van der Waals surface area contributed by atoms with Crippen LogP contribution < -0.4 is 5.32 Å². The molecule has 0 aliphatic carbocycles. The molecule has 0 saturated carbocycles. The summed E-state index contributed by atoms with van der Waals surface area (Å²) < 4.78 is 14.2. The van der Waals surface area contributed by atoms with Crippen LogP contribution in [0.2, 0.25) is 0 Å². The third-order valence-corrected chi connectivity index (χ3v) is 4.11. The van der Waals surface area contributed by atoms with Crippen molar-refractivity contribution in [3.8, 4) is 11.4 Å². The molecule has 0 saturated heterocycles. The molecule has 4 aromatic rings. The van der Waals surface area contributed by atoms with E-state index in [-0.39, 0.29) is 11.4 Å². The summed E-state index contributed by atoms with van der Waals surface area (Å²) in [5.41, 5.74) is 1.85. The number of fused-ring (bicyclic) bond motifs is 1. The van der Waals surface area contributed by atoms with Crippen molar-refractivity contribution < 1.29 is 14.3 Å². The molecule has 0 aliphatic heterocycles. The summed E-state index contributed by atoms with van der Waals surface area (Å²) in [4.78, 5) is 20.0. The molecular weight excluding hydrogens is 345 g/mol. The van der Waals surface area contributed by atoms with Crippen LogP contribution in [0.25, 0.3) is 22.3 Å². The standard InChI is InChI=1S/C21H14FN3O2/c22-17-7-3-1-5-15(17)19-24-18-8-4-2-6-16(18)20(25-19)23-14-11-9-13(10-12-14)21(26)27/h1-12H,(H,26,27)(H,23,24,25). The number of carboxylic acid groups (broad SMARTS) is 1. The molecule has 4 rings (SSSR count). The first-order valence-electron chi connectivity index (χ1n) is 8.24. The van der Waals surface area contributed by atoms with Crippen LogP contribution in [0.3, 0.4) is 0 Å². The molecular formula is C21H14FN3O2. The summed E-state index contributed by atoms with van der Waals surface area (Å²) >= 11 is 0. The highest BCUT2D eigenvalue weighted by Gasteiger charge is 2.12. The lowest BCUT2D eigenvalue weighted by molar-refractivity contribution is 0.0697. The molecule has 0 spiro atoms. The van der Waals surface area contributed by atoms with Gasteiger partial charge in [-0.3, -0.25) is 0 Å². The Labute approximate surface area is 154 Å². The third kappa shape index (κ3) is 3.32. The molecule has 27 heavy (non-hydrogen) atoms. The van der Waals surface area contributed by atoms with Gasteiger partial charge in [-0.25, -0.2) is 19.2 Å². The molecule has 3 aromatic carbocycles. The fourth-order valence-corrected chi connectivity index (χ4v) is 2.77. The van der Waals surface area contributed by atoms with Crippen molar-refractivity contribution in [2.75, 3.05) is 5.32 Å². The predicted molar refractivity (Wildman–Crippen MR) is 102 cm³/mol. The van der Waals surface area contributed by atoms with Crippen LogP contribution in [-0.2, 0) is 0 Å². The van der Waals surface area contributed by atoms with Crippen molar-refractivity contribution in [3.63, 3.8) is 0 Å². The number of hydrogen-bond donors (Lipinski definition) is 2. The molecule has 0 unspecified atom stereocenters. The molecule has 0 amide bonds. The van der Waals surface area contributed by atoms with E-state index in [1.54, 1.807) is 30.3 Å². The van der Waals surface area contributed by atoms with Gasteiger partial charge in [-0.1, -0.05) is 24.3 Å². The Bertz CT molecular complexity index is 1140. The normalized spacial score (nSPS) is 10.7. The molecule has 132 valence electrons. The summed E-state index contributed by atoms with van der Waals surface area (Å²) in [5.74, 6) is -0.598. The Morgan fingerprint density at radius 2 is 1.59 bits per heavy atom. The maximum absolute atomic E-state index is 14.2. The molecule has 0 aliphatic rings. The van der Waals surface area contributed by atoms with Gasteiger partial charge in [-0.2, -0.15) is 0 Å². The van der Waals surface area contributed by atoms with E-state index in [0.717, 1.165) is 5.39 Å². The number of carbonyl (C=O) groups is 1. The van der Waals surface area contributed by atoms with Crippen LogP contribution in [-0.4, -0.2) is 21.0 Å². The zero-order chi connectivity index (χ0) is 18.8. The molecule has 0 atom stereocenters. The molecule has 6 heteroatoms. The Balaban J connectivity index is 1.81. The van der Waals surface area contributed by atoms with Gasteiger partial charge >= 0.3 is 5.97 Å². The number of aromatic carboxylic acids is 1. The monoisotopic (exact) mass is 359 g/mol. The number of para-hydroxylation sites is 1.